The number of aliphatic hydroxyl groups excluding tert-OH is 1. The molecule has 0 aliphatic heterocycles. The Morgan fingerprint density at radius 2 is 1.86 bits per heavy atom. The molecular weight excluding hydrogens is 444 g/mol. The number of ether oxygens (including phenoxy) is 2. The van der Waals surface area contributed by atoms with Crippen LogP contribution in [0.2, 0.25) is 0 Å². The fourth-order valence-electron chi connectivity index (χ4n) is 3.92. The van der Waals surface area contributed by atoms with Crippen molar-refractivity contribution in [1.29, 1.82) is 0 Å². The van der Waals surface area contributed by atoms with Gasteiger partial charge in [0.2, 0.25) is 0 Å². The average Bonchev–Trinajstić information content (AvgIpc) is 2.77. The van der Waals surface area contributed by atoms with Crippen LogP contribution in [0, 0.1) is 5.41 Å². The van der Waals surface area contributed by atoms with Crippen LogP contribution in [0.5, 0.6) is 17.2 Å². The Hall–Kier alpha value is -3.25. The summed E-state index contributed by atoms with van der Waals surface area (Å²) in [7, 11) is 0. The first kappa shape index (κ1) is 28.0. The normalized spacial score (nSPS) is 17.8. The molecular formula is C29H38O6. The molecule has 0 bridgehead atoms. The molecule has 0 heterocycles. The molecule has 0 aromatic heterocycles. The minimum Gasteiger partial charge on any atom is -0.504 e. The largest absolute Gasteiger partial charge is 0.504 e. The molecule has 6 heteroatoms. The molecule has 2 rings (SSSR count). The van der Waals surface area contributed by atoms with Crippen LogP contribution in [-0.4, -0.2) is 40.6 Å². The Balaban J connectivity index is 1.80. The highest BCUT2D eigenvalue weighted by Crippen LogP contribution is 2.40. The number of phenolic OH excluding ortho intramolecular Hbond substituents is 2. The van der Waals surface area contributed by atoms with E-state index in [4.69, 9.17) is 9.47 Å². The Kier molecular flexibility index (Phi) is 10.4. The topological polar surface area (TPSA) is 96.2 Å². The van der Waals surface area contributed by atoms with Gasteiger partial charge in [-0.15, -0.1) is 0 Å². The summed E-state index contributed by atoms with van der Waals surface area (Å²) in [5.74, 6) is -0.866. The molecule has 0 amide bonds. The maximum absolute atomic E-state index is 12.0. The number of hydrogen-bond donors (Lipinski definition) is 3. The van der Waals surface area contributed by atoms with Crippen molar-refractivity contribution in [3.05, 3.63) is 76.9 Å². The van der Waals surface area contributed by atoms with Crippen LogP contribution in [0.25, 0.3) is 0 Å². The van der Waals surface area contributed by atoms with E-state index in [2.05, 4.69) is 32.9 Å². The molecule has 0 saturated heterocycles. The molecule has 1 aliphatic rings. The van der Waals surface area contributed by atoms with Crippen molar-refractivity contribution in [2.24, 2.45) is 5.41 Å². The number of carbonyl (C=O) groups excluding carboxylic acids is 1. The van der Waals surface area contributed by atoms with Crippen molar-refractivity contribution < 1.29 is 29.6 Å². The lowest BCUT2D eigenvalue weighted by Gasteiger charge is -2.32. The zero-order chi connectivity index (χ0) is 26.0. The molecule has 0 spiro atoms. The van der Waals surface area contributed by atoms with Gasteiger partial charge in [0.25, 0.3) is 0 Å². The third kappa shape index (κ3) is 9.49. The van der Waals surface area contributed by atoms with Crippen LogP contribution in [0.1, 0.15) is 53.9 Å². The van der Waals surface area contributed by atoms with Crippen molar-refractivity contribution in [2.45, 2.75) is 60.0 Å². The van der Waals surface area contributed by atoms with Gasteiger partial charge in [0.1, 0.15) is 25.1 Å². The minimum atomic E-state index is -1.04. The number of hydrogen-bond acceptors (Lipinski definition) is 6. The molecule has 0 radical (unpaired) electrons. The second-order valence-corrected chi connectivity index (χ2v) is 9.67. The van der Waals surface area contributed by atoms with E-state index in [0.717, 1.165) is 11.1 Å². The van der Waals surface area contributed by atoms with Crippen LogP contribution < -0.4 is 4.74 Å². The number of phenols is 2. The lowest BCUT2D eigenvalue weighted by Crippen LogP contribution is -2.24. The van der Waals surface area contributed by atoms with Gasteiger partial charge in [0.05, 0.1) is 0 Å². The van der Waals surface area contributed by atoms with E-state index >= 15 is 0 Å². The van der Waals surface area contributed by atoms with Gasteiger partial charge < -0.3 is 24.8 Å². The number of benzene rings is 1. The quantitative estimate of drug-likeness (QED) is 0.166. The summed E-state index contributed by atoms with van der Waals surface area (Å²) in [5, 5.41) is 28.7. The van der Waals surface area contributed by atoms with Crippen molar-refractivity contribution in [2.75, 3.05) is 13.2 Å². The maximum atomic E-state index is 12.0. The molecule has 1 aromatic rings. The van der Waals surface area contributed by atoms with E-state index in [1.807, 2.05) is 25.2 Å². The van der Waals surface area contributed by atoms with Crippen LogP contribution in [-0.2, 0) is 9.53 Å². The minimum absolute atomic E-state index is 0.134. The fourth-order valence-corrected chi connectivity index (χ4v) is 3.92. The molecule has 0 fully saturated rings. The first-order valence-electron chi connectivity index (χ1n) is 11.9. The number of aliphatic hydroxyl groups is 1. The van der Waals surface area contributed by atoms with E-state index in [9.17, 15) is 20.1 Å². The van der Waals surface area contributed by atoms with Crippen molar-refractivity contribution >= 4 is 5.97 Å². The average molecular weight is 483 g/mol. The maximum Gasteiger partial charge on any atom is 0.331 e. The van der Waals surface area contributed by atoms with Gasteiger partial charge in [-0.3, -0.25) is 0 Å². The molecule has 190 valence electrons. The molecule has 6 nitrogen and oxygen atoms in total. The SMILES string of the molecule is CC1=C(/C=C/C(C)=C/C=C/C(C)=C/C(=O)OC[C@H](O)COc2ccc(O)c(O)c2)C(C)(C)CCC1. The van der Waals surface area contributed by atoms with Crippen LogP contribution in [0.4, 0.5) is 0 Å². The number of rotatable bonds is 10. The van der Waals surface area contributed by atoms with Crippen molar-refractivity contribution in [3.63, 3.8) is 0 Å². The zero-order valence-electron chi connectivity index (χ0n) is 21.4. The molecule has 0 unspecified atom stereocenters. The van der Waals surface area contributed by atoms with Gasteiger partial charge in [-0.25, -0.2) is 4.79 Å². The van der Waals surface area contributed by atoms with Crippen LogP contribution in [0.3, 0.4) is 0 Å². The number of aromatic hydroxyl groups is 2. The summed E-state index contributed by atoms with van der Waals surface area (Å²) in [6.45, 7) is 10.3. The molecule has 35 heavy (non-hydrogen) atoms. The van der Waals surface area contributed by atoms with Gasteiger partial charge >= 0.3 is 5.97 Å². The van der Waals surface area contributed by atoms with Crippen LogP contribution >= 0.6 is 0 Å². The highest BCUT2D eigenvalue weighted by Gasteiger charge is 2.26. The Morgan fingerprint density at radius 1 is 1.11 bits per heavy atom. The van der Waals surface area contributed by atoms with Crippen molar-refractivity contribution in [1.82, 2.24) is 0 Å². The number of esters is 1. The summed E-state index contributed by atoms with van der Waals surface area (Å²) in [6.07, 6.45) is 14.0. The van der Waals surface area contributed by atoms with E-state index in [1.165, 1.54) is 54.7 Å². The Morgan fingerprint density at radius 3 is 2.54 bits per heavy atom. The van der Waals surface area contributed by atoms with Gasteiger partial charge in [-0.2, -0.15) is 0 Å². The molecule has 0 saturated carbocycles. The first-order valence-corrected chi connectivity index (χ1v) is 11.9. The third-order valence-electron chi connectivity index (χ3n) is 5.93. The second-order valence-electron chi connectivity index (χ2n) is 9.67. The highest BCUT2D eigenvalue weighted by atomic mass is 16.5. The van der Waals surface area contributed by atoms with Crippen molar-refractivity contribution in [3.8, 4) is 17.2 Å². The van der Waals surface area contributed by atoms with Gasteiger partial charge in [0.15, 0.2) is 11.5 Å². The summed E-state index contributed by atoms with van der Waals surface area (Å²) < 4.78 is 10.4. The fraction of sp³-hybridized carbons (Fsp3) is 0.414. The van der Waals surface area contributed by atoms with Gasteiger partial charge in [-0.05, 0) is 68.7 Å². The summed E-state index contributed by atoms with van der Waals surface area (Å²) in [5.41, 5.74) is 4.94. The Bertz CT molecular complexity index is 1040. The smallest absolute Gasteiger partial charge is 0.331 e. The summed E-state index contributed by atoms with van der Waals surface area (Å²) in [4.78, 5) is 12.0. The predicted molar refractivity (Wildman–Crippen MR) is 138 cm³/mol. The molecule has 1 atom stereocenters. The summed E-state index contributed by atoms with van der Waals surface area (Å²) >= 11 is 0. The van der Waals surface area contributed by atoms with E-state index in [1.54, 1.807) is 6.92 Å². The van der Waals surface area contributed by atoms with E-state index < -0.39 is 12.1 Å². The summed E-state index contributed by atoms with van der Waals surface area (Å²) in [6, 6.07) is 3.96. The van der Waals surface area contributed by atoms with Crippen LogP contribution in [0.15, 0.2) is 76.9 Å². The second kappa shape index (κ2) is 13.0. The Labute approximate surface area is 208 Å². The first-order chi connectivity index (χ1) is 16.5. The number of allylic oxidation sites excluding steroid dienone is 9. The number of carbonyl (C=O) groups is 1. The third-order valence-corrected chi connectivity index (χ3v) is 5.93. The van der Waals surface area contributed by atoms with Gasteiger partial charge in [-0.1, -0.05) is 55.4 Å². The van der Waals surface area contributed by atoms with E-state index in [0.29, 0.717) is 0 Å². The van der Waals surface area contributed by atoms with Gasteiger partial charge in [0, 0.05) is 12.1 Å². The highest BCUT2D eigenvalue weighted by molar-refractivity contribution is 5.83. The molecule has 1 aliphatic carbocycles. The molecule has 1 aromatic carbocycles. The lowest BCUT2D eigenvalue weighted by atomic mass is 9.72. The predicted octanol–water partition coefficient (Wildman–Crippen LogP) is 5.91. The molecule has 3 N–H and O–H groups in total. The standard InChI is InChI=1S/C29H38O6/c1-20(11-13-25-22(3)10-7-15-29(25,4)5)8-6-9-21(2)16-28(33)35-19-23(30)18-34-24-12-14-26(31)27(32)17-24/h6,8-9,11-14,16-17,23,30-32H,7,10,15,18-19H2,1-5H3/b9-6+,13-11+,20-8+,21-16+/t23-/m1/s1. The monoisotopic (exact) mass is 482 g/mol. The van der Waals surface area contributed by atoms with E-state index in [-0.39, 0.29) is 35.9 Å². The lowest BCUT2D eigenvalue weighted by molar-refractivity contribution is -0.141. The zero-order valence-corrected chi connectivity index (χ0v) is 21.4.